The van der Waals surface area contributed by atoms with E-state index in [1.165, 1.54) is 30.3 Å². The van der Waals surface area contributed by atoms with Crippen LogP contribution in [-0.4, -0.2) is 26.1 Å². The highest BCUT2D eigenvalue weighted by Crippen LogP contribution is 2.35. The minimum Gasteiger partial charge on any atom is -0.483 e. The second-order valence-corrected chi connectivity index (χ2v) is 9.59. The number of sulfonamides is 1. The molecular formula is C20H19BrClN3O5S. The quantitative estimate of drug-likeness (QED) is 0.454. The Labute approximate surface area is 193 Å². The predicted molar refractivity (Wildman–Crippen MR) is 121 cm³/mol. The molecule has 0 aliphatic heterocycles. The third kappa shape index (κ3) is 5.57. The second-order valence-electron chi connectivity index (χ2n) is 6.73. The molecule has 0 unspecified atom stereocenters. The van der Waals surface area contributed by atoms with Gasteiger partial charge in [-0.2, -0.15) is 0 Å². The van der Waals surface area contributed by atoms with Crippen LogP contribution in [0.2, 0.25) is 5.02 Å². The minimum absolute atomic E-state index is 0.0125. The van der Waals surface area contributed by atoms with Crippen molar-refractivity contribution in [1.82, 2.24) is 5.16 Å². The van der Waals surface area contributed by atoms with Gasteiger partial charge in [-0.1, -0.05) is 16.8 Å². The van der Waals surface area contributed by atoms with E-state index < -0.39 is 15.9 Å². The molecule has 164 valence electrons. The summed E-state index contributed by atoms with van der Waals surface area (Å²) in [4.78, 5) is 12.2. The molecule has 0 aliphatic carbocycles. The zero-order valence-corrected chi connectivity index (χ0v) is 20.0. The van der Waals surface area contributed by atoms with Crippen LogP contribution in [0.15, 0.2) is 50.3 Å². The fourth-order valence-corrected chi connectivity index (χ4v) is 4.35. The fraction of sp³-hybridized carbons (Fsp3) is 0.200. The number of carbonyl (C=O) groups is 1. The monoisotopic (exact) mass is 527 g/mol. The molecule has 3 aromatic rings. The molecule has 11 heteroatoms. The summed E-state index contributed by atoms with van der Waals surface area (Å²) < 4.78 is 38.2. The molecule has 0 aliphatic rings. The van der Waals surface area contributed by atoms with Crippen LogP contribution < -0.4 is 14.8 Å². The average molecular weight is 529 g/mol. The summed E-state index contributed by atoms with van der Waals surface area (Å²) in [7, 11) is -3.83. The van der Waals surface area contributed by atoms with Crippen LogP contribution in [-0.2, 0) is 14.8 Å². The Balaban J connectivity index is 1.61. The van der Waals surface area contributed by atoms with E-state index in [9.17, 15) is 13.2 Å². The van der Waals surface area contributed by atoms with Crippen molar-refractivity contribution in [3.63, 3.8) is 0 Å². The molecular weight excluding hydrogens is 510 g/mol. The molecule has 0 radical (unpaired) electrons. The van der Waals surface area contributed by atoms with E-state index in [1.54, 1.807) is 13.0 Å². The number of hydrogen-bond acceptors (Lipinski definition) is 6. The first-order valence-corrected chi connectivity index (χ1v) is 11.7. The maximum Gasteiger partial charge on any atom is 0.263 e. The molecule has 1 amide bonds. The lowest BCUT2D eigenvalue weighted by Gasteiger charge is -2.13. The van der Waals surface area contributed by atoms with Crippen molar-refractivity contribution >= 4 is 55.0 Å². The molecule has 0 saturated carbocycles. The number of rotatable bonds is 7. The van der Waals surface area contributed by atoms with Crippen LogP contribution in [0.25, 0.3) is 0 Å². The molecule has 1 heterocycles. The van der Waals surface area contributed by atoms with Gasteiger partial charge in [0, 0.05) is 16.8 Å². The van der Waals surface area contributed by atoms with Gasteiger partial charge in [-0.3, -0.25) is 9.52 Å². The normalized spacial score (nSPS) is 11.3. The SMILES string of the molecule is Cc1cc(NS(=O)(=O)c2ccc(NC(=O)COc3cc(C)c(Cl)c(C)c3Br)cc2)no1. The fourth-order valence-electron chi connectivity index (χ4n) is 2.67. The Morgan fingerprint density at radius 1 is 1.19 bits per heavy atom. The van der Waals surface area contributed by atoms with Crippen molar-refractivity contribution in [3.05, 3.63) is 62.8 Å². The van der Waals surface area contributed by atoms with Crippen molar-refractivity contribution < 1.29 is 22.5 Å². The first-order chi connectivity index (χ1) is 14.6. The molecule has 1 aromatic heterocycles. The molecule has 31 heavy (non-hydrogen) atoms. The van der Waals surface area contributed by atoms with E-state index in [-0.39, 0.29) is 17.3 Å². The second kappa shape index (κ2) is 9.29. The van der Waals surface area contributed by atoms with Gasteiger partial charge in [-0.15, -0.1) is 0 Å². The van der Waals surface area contributed by atoms with Crippen LogP contribution >= 0.6 is 27.5 Å². The number of anilines is 2. The summed E-state index contributed by atoms with van der Waals surface area (Å²) >= 11 is 9.62. The first-order valence-electron chi connectivity index (χ1n) is 9.01. The Hall–Kier alpha value is -2.56. The zero-order valence-electron chi connectivity index (χ0n) is 16.8. The van der Waals surface area contributed by atoms with Gasteiger partial charge in [-0.05, 0) is 78.2 Å². The van der Waals surface area contributed by atoms with Crippen molar-refractivity contribution in [3.8, 4) is 5.75 Å². The maximum atomic E-state index is 12.4. The van der Waals surface area contributed by atoms with Crippen LogP contribution in [0.4, 0.5) is 11.5 Å². The predicted octanol–water partition coefficient (Wildman–Crippen LogP) is 4.83. The van der Waals surface area contributed by atoms with Crippen molar-refractivity contribution in [2.24, 2.45) is 0 Å². The van der Waals surface area contributed by atoms with Crippen molar-refractivity contribution in [2.45, 2.75) is 25.7 Å². The highest BCUT2D eigenvalue weighted by molar-refractivity contribution is 9.10. The topological polar surface area (TPSA) is 111 Å². The van der Waals surface area contributed by atoms with Crippen molar-refractivity contribution in [2.75, 3.05) is 16.6 Å². The highest BCUT2D eigenvalue weighted by atomic mass is 79.9. The molecule has 0 bridgehead atoms. The number of aryl methyl sites for hydroxylation is 2. The summed E-state index contributed by atoms with van der Waals surface area (Å²) in [5, 5.41) is 6.89. The van der Waals surface area contributed by atoms with E-state index in [4.69, 9.17) is 20.9 Å². The third-order valence-electron chi connectivity index (χ3n) is 4.24. The Bertz CT molecular complexity index is 1230. The minimum atomic E-state index is -3.83. The van der Waals surface area contributed by atoms with Gasteiger partial charge < -0.3 is 14.6 Å². The smallest absolute Gasteiger partial charge is 0.263 e. The van der Waals surface area contributed by atoms with Crippen LogP contribution in [0, 0.1) is 20.8 Å². The van der Waals surface area contributed by atoms with Gasteiger partial charge in [0.25, 0.3) is 15.9 Å². The Morgan fingerprint density at radius 3 is 2.48 bits per heavy atom. The molecule has 2 aromatic carbocycles. The Kier molecular flexibility index (Phi) is 6.93. The van der Waals surface area contributed by atoms with Gasteiger partial charge in [0.1, 0.15) is 11.5 Å². The van der Waals surface area contributed by atoms with Crippen LogP contribution in [0.3, 0.4) is 0 Å². The molecule has 0 spiro atoms. The number of aromatic nitrogens is 1. The number of nitrogens with one attached hydrogen (secondary N) is 2. The van der Waals surface area contributed by atoms with E-state index >= 15 is 0 Å². The van der Waals surface area contributed by atoms with Gasteiger partial charge >= 0.3 is 0 Å². The van der Waals surface area contributed by atoms with Gasteiger partial charge in [-0.25, -0.2) is 8.42 Å². The van der Waals surface area contributed by atoms with E-state index in [1.807, 2.05) is 13.8 Å². The number of carbonyl (C=O) groups excluding carboxylic acids is 1. The van der Waals surface area contributed by atoms with Gasteiger partial charge in [0.05, 0.1) is 9.37 Å². The number of benzene rings is 2. The number of halogens is 2. The van der Waals surface area contributed by atoms with Crippen LogP contribution in [0.1, 0.15) is 16.9 Å². The molecule has 0 fully saturated rings. The standard InChI is InChI=1S/C20H19BrClN3O5S/c1-11-8-16(19(21)13(3)20(11)22)29-10-18(26)23-14-4-6-15(7-5-14)31(27,28)25-17-9-12(2)30-24-17/h4-9H,10H2,1-3H3,(H,23,26)(H,24,25). The number of ether oxygens (including phenoxy) is 1. The molecule has 8 nitrogen and oxygen atoms in total. The summed E-state index contributed by atoms with van der Waals surface area (Å²) in [5.41, 5.74) is 2.08. The lowest BCUT2D eigenvalue weighted by atomic mass is 10.1. The zero-order chi connectivity index (χ0) is 22.8. The summed E-state index contributed by atoms with van der Waals surface area (Å²) in [5.74, 6) is 0.675. The maximum absolute atomic E-state index is 12.4. The number of amides is 1. The number of nitrogens with zero attached hydrogens (tertiary/aromatic N) is 1. The van der Waals surface area contributed by atoms with Gasteiger partial charge in [0.2, 0.25) is 0 Å². The number of hydrogen-bond donors (Lipinski definition) is 2. The largest absolute Gasteiger partial charge is 0.483 e. The third-order valence-corrected chi connectivity index (χ3v) is 7.18. The molecule has 2 N–H and O–H groups in total. The van der Waals surface area contributed by atoms with E-state index in [0.29, 0.717) is 26.7 Å². The van der Waals surface area contributed by atoms with E-state index in [0.717, 1.165) is 11.1 Å². The summed E-state index contributed by atoms with van der Waals surface area (Å²) in [6.07, 6.45) is 0. The van der Waals surface area contributed by atoms with E-state index in [2.05, 4.69) is 31.1 Å². The lowest BCUT2D eigenvalue weighted by Crippen LogP contribution is -2.20. The first kappa shape index (κ1) is 23.1. The molecule has 3 rings (SSSR count). The van der Waals surface area contributed by atoms with Crippen LogP contribution in [0.5, 0.6) is 5.75 Å². The lowest BCUT2D eigenvalue weighted by molar-refractivity contribution is -0.118. The summed E-state index contributed by atoms with van der Waals surface area (Å²) in [6, 6.07) is 8.91. The summed E-state index contributed by atoms with van der Waals surface area (Å²) in [6.45, 7) is 5.12. The average Bonchev–Trinajstić information content (AvgIpc) is 3.12. The molecule has 0 atom stereocenters. The Morgan fingerprint density at radius 2 is 1.87 bits per heavy atom. The highest BCUT2D eigenvalue weighted by Gasteiger charge is 2.17. The van der Waals surface area contributed by atoms with Crippen molar-refractivity contribution in [1.29, 1.82) is 0 Å². The van der Waals surface area contributed by atoms with Gasteiger partial charge in [0.15, 0.2) is 12.4 Å². The molecule has 0 saturated heterocycles.